The van der Waals surface area contributed by atoms with Crippen molar-refractivity contribution in [3.63, 3.8) is 0 Å². The molecule has 0 saturated heterocycles. The van der Waals surface area contributed by atoms with Crippen LogP contribution in [0, 0.1) is 0 Å². The Morgan fingerprint density at radius 2 is 1.42 bits per heavy atom. The molecule has 0 bridgehead atoms. The first-order chi connectivity index (χ1) is 5.52. The van der Waals surface area contributed by atoms with Crippen molar-refractivity contribution in [2.75, 3.05) is 36.2 Å². The molecule has 0 spiro atoms. The zero-order chi connectivity index (χ0) is 9.30. The van der Waals surface area contributed by atoms with Gasteiger partial charge < -0.3 is 22.1 Å². The fourth-order valence-electron chi connectivity index (χ4n) is 0.967. The highest BCUT2D eigenvalue weighted by Crippen LogP contribution is 2.25. The Labute approximate surface area is 70.4 Å². The van der Waals surface area contributed by atoms with Gasteiger partial charge in [0.25, 0.3) is 0 Å². The van der Waals surface area contributed by atoms with Crippen molar-refractivity contribution in [1.82, 2.24) is 9.97 Å². The van der Waals surface area contributed by atoms with Crippen molar-refractivity contribution in [1.29, 1.82) is 0 Å². The van der Waals surface area contributed by atoms with Crippen molar-refractivity contribution < 1.29 is 0 Å². The molecule has 0 aliphatic heterocycles. The second-order valence-corrected chi connectivity index (χ2v) is 2.60. The lowest BCUT2D eigenvalue weighted by molar-refractivity contribution is 1.09. The molecular formula is C6H12N6. The highest BCUT2D eigenvalue weighted by atomic mass is 15.2. The maximum Gasteiger partial charge on any atom is 0.224 e. The minimum absolute atomic E-state index is 0.0931. The number of anilines is 4. The van der Waals surface area contributed by atoms with Crippen LogP contribution in [0.15, 0.2) is 0 Å². The molecule has 6 heteroatoms. The van der Waals surface area contributed by atoms with Crippen LogP contribution in [0.25, 0.3) is 0 Å². The van der Waals surface area contributed by atoms with Gasteiger partial charge in [-0.1, -0.05) is 0 Å². The molecule has 12 heavy (non-hydrogen) atoms. The zero-order valence-corrected chi connectivity index (χ0v) is 7.07. The van der Waals surface area contributed by atoms with Gasteiger partial charge in [-0.05, 0) is 0 Å². The molecule has 0 fully saturated rings. The van der Waals surface area contributed by atoms with Gasteiger partial charge in [0.1, 0.15) is 5.69 Å². The second kappa shape index (κ2) is 2.72. The average Bonchev–Trinajstić information content (AvgIpc) is 1.82. The summed E-state index contributed by atoms with van der Waals surface area (Å²) in [5.41, 5.74) is 17.1. The minimum Gasteiger partial charge on any atom is -0.382 e. The van der Waals surface area contributed by atoms with E-state index in [1.807, 2.05) is 14.1 Å². The third-order valence-electron chi connectivity index (χ3n) is 1.40. The summed E-state index contributed by atoms with van der Waals surface area (Å²) in [6.45, 7) is 0. The summed E-state index contributed by atoms with van der Waals surface area (Å²) in [5.74, 6) is 0.686. The summed E-state index contributed by atoms with van der Waals surface area (Å²) in [5, 5.41) is 0. The SMILES string of the molecule is CN(C)c1c(N)nc(N)nc1N. The number of nitrogens with two attached hydrogens (primary N) is 3. The summed E-state index contributed by atoms with van der Waals surface area (Å²) in [7, 11) is 3.61. The van der Waals surface area contributed by atoms with Gasteiger partial charge in [0.2, 0.25) is 5.95 Å². The number of rotatable bonds is 1. The predicted molar refractivity (Wildman–Crippen MR) is 49.6 cm³/mol. The molecule has 6 N–H and O–H groups in total. The topological polar surface area (TPSA) is 107 Å². The van der Waals surface area contributed by atoms with Crippen molar-refractivity contribution in [3.05, 3.63) is 0 Å². The van der Waals surface area contributed by atoms with Gasteiger partial charge in [-0.2, -0.15) is 9.97 Å². The van der Waals surface area contributed by atoms with E-state index in [2.05, 4.69) is 9.97 Å². The van der Waals surface area contributed by atoms with Crippen LogP contribution in [-0.2, 0) is 0 Å². The summed E-state index contributed by atoms with van der Waals surface area (Å²) in [6, 6.07) is 0. The summed E-state index contributed by atoms with van der Waals surface area (Å²) >= 11 is 0. The molecule has 6 nitrogen and oxygen atoms in total. The fraction of sp³-hybridized carbons (Fsp3) is 0.333. The zero-order valence-electron chi connectivity index (χ0n) is 7.07. The van der Waals surface area contributed by atoms with Crippen LogP contribution in [0.4, 0.5) is 23.3 Å². The Balaban J connectivity index is 3.28. The number of aromatic nitrogens is 2. The van der Waals surface area contributed by atoms with Gasteiger partial charge in [0.15, 0.2) is 11.6 Å². The molecule has 0 aliphatic rings. The first kappa shape index (κ1) is 8.38. The smallest absolute Gasteiger partial charge is 0.224 e. The largest absolute Gasteiger partial charge is 0.382 e. The number of nitrogens with zero attached hydrogens (tertiary/aromatic N) is 3. The van der Waals surface area contributed by atoms with Crippen LogP contribution >= 0.6 is 0 Å². The molecule has 1 rings (SSSR count). The van der Waals surface area contributed by atoms with Gasteiger partial charge >= 0.3 is 0 Å². The van der Waals surface area contributed by atoms with Crippen LogP contribution in [-0.4, -0.2) is 24.1 Å². The van der Waals surface area contributed by atoms with Gasteiger partial charge in [-0.15, -0.1) is 0 Å². The Morgan fingerprint density at radius 1 is 1.00 bits per heavy atom. The van der Waals surface area contributed by atoms with E-state index in [4.69, 9.17) is 17.2 Å². The molecule has 0 atom stereocenters. The van der Waals surface area contributed by atoms with Gasteiger partial charge in [-0.3, -0.25) is 0 Å². The average molecular weight is 168 g/mol. The van der Waals surface area contributed by atoms with E-state index in [0.29, 0.717) is 17.3 Å². The standard InChI is InChI=1S/C6H12N6/c1-12(2)3-4(7)10-6(9)11-5(3)8/h1-2H3,(H6,7,8,9,10,11). The normalized spacial score (nSPS) is 9.83. The van der Waals surface area contributed by atoms with Crippen LogP contribution < -0.4 is 22.1 Å². The van der Waals surface area contributed by atoms with Crippen molar-refractivity contribution >= 4 is 23.3 Å². The predicted octanol–water partition coefficient (Wildman–Crippen LogP) is -0.711. The molecule has 0 unspecified atom stereocenters. The first-order valence-electron chi connectivity index (χ1n) is 3.38. The Hall–Kier alpha value is -1.72. The number of hydrogen-bond donors (Lipinski definition) is 3. The Kier molecular flexibility index (Phi) is 1.90. The monoisotopic (exact) mass is 168 g/mol. The van der Waals surface area contributed by atoms with Crippen LogP contribution in [0.5, 0.6) is 0 Å². The molecule has 1 aromatic rings. The third-order valence-corrected chi connectivity index (χ3v) is 1.40. The number of nitrogen functional groups attached to an aromatic ring is 3. The lowest BCUT2D eigenvalue weighted by Gasteiger charge is -2.15. The van der Waals surface area contributed by atoms with E-state index >= 15 is 0 Å². The fourth-order valence-corrected chi connectivity index (χ4v) is 0.967. The Bertz CT molecular complexity index is 271. The quantitative estimate of drug-likeness (QED) is 0.511. The van der Waals surface area contributed by atoms with Crippen molar-refractivity contribution in [2.24, 2.45) is 0 Å². The lowest BCUT2D eigenvalue weighted by atomic mass is 10.4. The van der Waals surface area contributed by atoms with E-state index < -0.39 is 0 Å². The molecule has 0 radical (unpaired) electrons. The third kappa shape index (κ3) is 1.31. The van der Waals surface area contributed by atoms with Crippen molar-refractivity contribution in [2.45, 2.75) is 0 Å². The van der Waals surface area contributed by atoms with E-state index in [-0.39, 0.29) is 5.95 Å². The van der Waals surface area contributed by atoms with Crippen molar-refractivity contribution in [3.8, 4) is 0 Å². The second-order valence-electron chi connectivity index (χ2n) is 2.60. The molecule has 66 valence electrons. The molecular weight excluding hydrogens is 156 g/mol. The van der Waals surface area contributed by atoms with Crippen LogP contribution in [0.1, 0.15) is 0 Å². The molecule has 1 aromatic heterocycles. The maximum absolute atomic E-state index is 5.57. The van der Waals surface area contributed by atoms with Crippen LogP contribution in [0.2, 0.25) is 0 Å². The summed E-state index contributed by atoms with van der Waals surface area (Å²) in [4.78, 5) is 9.30. The van der Waals surface area contributed by atoms with Gasteiger partial charge in [0, 0.05) is 14.1 Å². The lowest BCUT2D eigenvalue weighted by Crippen LogP contribution is -2.16. The molecule has 0 aliphatic carbocycles. The number of hydrogen-bond acceptors (Lipinski definition) is 6. The Morgan fingerprint density at radius 3 is 1.75 bits per heavy atom. The molecule has 0 amide bonds. The maximum atomic E-state index is 5.57. The summed E-state index contributed by atoms with van der Waals surface area (Å²) < 4.78 is 0. The van der Waals surface area contributed by atoms with Gasteiger partial charge in [-0.25, -0.2) is 0 Å². The summed E-state index contributed by atoms with van der Waals surface area (Å²) in [6.07, 6.45) is 0. The molecule has 0 aromatic carbocycles. The minimum atomic E-state index is 0.0931. The van der Waals surface area contributed by atoms with E-state index in [9.17, 15) is 0 Å². The van der Waals surface area contributed by atoms with E-state index in [0.717, 1.165) is 0 Å². The van der Waals surface area contributed by atoms with E-state index in [1.165, 1.54) is 0 Å². The highest BCUT2D eigenvalue weighted by Gasteiger charge is 2.09. The van der Waals surface area contributed by atoms with E-state index in [1.54, 1.807) is 4.90 Å². The first-order valence-corrected chi connectivity index (χ1v) is 3.38. The van der Waals surface area contributed by atoms with Gasteiger partial charge in [0.05, 0.1) is 0 Å². The molecule has 1 heterocycles. The molecule has 0 saturated carbocycles. The highest BCUT2D eigenvalue weighted by molar-refractivity contribution is 5.75. The van der Waals surface area contributed by atoms with Crippen LogP contribution in [0.3, 0.4) is 0 Å².